The Morgan fingerprint density at radius 2 is 1.88 bits per heavy atom. The van der Waals surface area contributed by atoms with Crippen LogP contribution in [0.4, 0.5) is 0 Å². The number of rotatable bonds is 3. The van der Waals surface area contributed by atoms with E-state index in [1.54, 1.807) is 0 Å². The molecule has 0 aromatic rings. The van der Waals surface area contributed by atoms with Gasteiger partial charge in [-0.3, -0.25) is 10.1 Å². The van der Waals surface area contributed by atoms with E-state index < -0.39 is 6.04 Å². The smallest absolute Gasteiger partial charge is 0.232 e. The third kappa shape index (κ3) is 2.61. The minimum absolute atomic E-state index is 0.316. The molecule has 0 radical (unpaired) electrons. The highest BCUT2D eigenvalue weighted by molar-refractivity contribution is 9.09. The number of alkyl halides is 2. The number of nitrogens with zero attached hydrogens (tertiary/aromatic N) is 1. The normalized spacial score (nSPS) is 9.88. The molecule has 3 nitrogen and oxygen atoms in total. The van der Waals surface area contributed by atoms with E-state index in [9.17, 15) is 10.1 Å². The van der Waals surface area contributed by atoms with Gasteiger partial charge in [0, 0.05) is 4.92 Å². The van der Waals surface area contributed by atoms with Crippen LogP contribution in [0.25, 0.3) is 0 Å². The fourth-order valence-corrected chi connectivity index (χ4v) is 1.70. The Bertz CT molecular complexity index is 83.4. The van der Waals surface area contributed by atoms with Crippen molar-refractivity contribution in [1.82, 2.24) is 0 Å². The number of hydrogen-bond donors (Lipinski definition) is 0. The molecule has 0 aromatic carbocycles. The van der Waals surface area contributed by atoms with Crippen LogP contribution in [0.2, 0.25) is 0 Å². The van der Waals surface area contributed by atoms with Gasteiger partial charge in [0.05, 0.1) is 10.7 Å². The van der Waals surface area contributed by atoms with Gasteiger partial charge in [-0.25, -0.2) is 0 Å². The van der Waals surface area contributed by atoms with E-state index in [-0.39, 0.29) is 4.92 Å². The first-order chi connectivity index (χ1) is 3.72. The molecule has 0 bridgehead atoms. The average molecular weight is 247 g/mol. The predicted octanol–water partition coefficient (Wildman–Crippen LogP) is 1.42. The van der Waals surface area contributed by atoms with Crippen LogP contribution in [0, 0.1) is 10.1 Å². The number of nitro groups is 1. The highest BCUT2D eigenvalue weighted by Crippen LogP contribution is 1.98. The Kier molecular flexibility index (Phi) is 4.45. The van der Waals surface area contributed by atoms with Gasteiger partial charge in [-0.05, 0) is 0 Å². The molecule has 8 heavy (non-hydrogen) atoms. The molecule has 0 aliphatic rings. The first kappa shape index (κ1) is 8.36. The van der Waals surface area contributed by atoms with Crippen molar-refractivity contribution in [2.75, 3.05) is 10.7 Å². The molecule has 0 aromatic heterocycles. The zero-order valence-corrected chi connectivity index (χ0v) is 7.18. The summed E-state index contributed by atoms with van der Waals surface area (Å²) in [6.45, 7) is 0. The van der Waals surface area contributed by atoms with Gasteiger partial charge in [-0.2, -0.15) is 0 Å². The van der Waals surface area contributed by atoms with Crippen LogP contribution in [0.1, 0.15) is 0 Å². The molecule has 0 amide bonds. The molecule has 0 aliphatic carbocycles. The second-order valence-corrected chi connectivity index (χ2v) is 2.54. The van der Waals surface area contributed by atoms with Crippen LogP contribution in [0.5, 0.6) is 0 Å². The van der Waals surface area contributed by atoms with E-state index in [0.29, 0.717) is 10.7 Å². The van der Waals surface area contributed by atoms with E-state index in [0.717, 1.165) is 0 Å². The van der Waals surface area contributed by atoms with Crippen molar-refractivity contribution < 1.29 is 4.92 Å². The van der Waals surface area contributed by atoms with Crippen molar-refractivity contribution in [1.29, 1.82) is 0 Å². The van der Waals surface area contributed by atoms with E-state index >= 15 is 0 Å². The van der Waals surface area contributed by atoms with Crippen molar-refractivity contribution in [3.05, 3.63) is 10.1 Å². The zero-order chi connectivity index (χ0) is 6.57. The summed E-state index contributed by atoms with van der Waals surface area (Å²) < 4.78 is 0. The molecule has 0 saturated heterocycles. The van der Waals surface area contributed by atoms with E-state index in [1.807, 2.05) is 0 Å². The predicted molar refractivity (Wildman–Crippen MR) is 38.4 cm³/mol. The van der Waals surface area contributed by atoms with E-state index in [2.05, 4.69) is 31.9 Å². The Morgan fingerprint density at radius 3 is 1.88 bits per heavy atom. The van der Waals surface area contributed by atoms with Crippen molar-refractivity contribution in [3.8, 4) is 0 Å². The van der Waals surface area contributed by atoms with Crippen molar-refractivity contribution in [2.45, 2.75) is 6.04 Å². The summed E-state index contributed by atoms with van der Waals surface area (Å²) in [5, 5.41) is 10.7. The lowest BCUT2D eigenvalue weighted by Gasteiger charge is -1.97. The van der Waals surface area contributed by atoms with Crippen molar-refractivity contribution in [2.24, 2.45) is 0 Å². The first-order valence-corrected chi connectivity index (χ1v) is 4.22. The summed E-state index contributed by atoms with van der Waals surface area (Å²) >= 11 is 6.01. The Hall–Kier alpha value is 0.360. The summed E-state index contributed by atoms with van der Waals surface area (Å²) in [6.07, 6.45) is 0. The van der Waals surface area contributed by atoms with Crippen LogP contribution >= 0.6 is 31.9 Å². The van der Waals surface area contributed by atoms with Gasteiger partial charge >= 0.3 is 0 Å². The lowest BCUT2D eigenvalue weighted by Crippen LogP contribution is -2.22. The summed E-state index contributed by atoms with van der Waals surface area (Å²) in [5.41, 5.74) is 0. The number of halogens is 2. The second kappa shape index (κ2) is 4.26. The third-order valence-corrected chi connectivity index (χ3v) is 2.15. The largest absolute Gasteiger partial charge is 0.264 e. The molecule has 0 rings (SSSR count). The lowest BCUT2D eigenvalue weighted by atomic mass is 10.4. The van der Waals surface area contributed by atoms with Gasteiger partial charge in [0.2, 0.25) is 6.04 Å². The zero-order valence-electron chi connectivity index (χ0n) is 4.01. The average Bonchev–Trinajstić information content (AvgIpc) is 1.69. The standard InChI is InChI=1S/C3H5Br2NO2/c4-1-3(2-5)6(7)8/h3H,1-2H2. The summed E-state index contributed by atoms with van der Waals surface area (Å²) in [5.74, 6) is 0. The van der Waals surface area contributed by atoms with Gasteiger partial charge in [0.25, 0.3) is 0 Å². The Labute approximate surface area is 63.9 Å². The highest BCUT2D eigenvalue weighted by atomic mass is 79.9. The molecule has 48 valence electrons. The maximum Gasteiger partial charge on any atom is 0.232 e. The molecule has 0 atom stereocenters. The summed E-state index contributed by atoms with van der Waals surface area (Å²) in [7, 11) is 0. The van der Waals surface area contributed by atoms with Crippen LogP contribution < -0.4 is 0 Å². The SMILES string of the molecule is O=[N+]([O-])C(CBr)CBr. The van der Waals surface area contributed by atoms with Crippen LogP contribution in [0.15, 0.2) is 0 Å². The molecule has 5 heteroatoms. The third-order valence-electron chi connectivity index (χ3n) is 0.654. The summed E-state index contributed by atoms with van der Waals surface area (Å²) in [6, 6.07) is -0.491. The summed E-state index contributed by atoms with van der Waals surface area (Å²) in [4.78, 5) is 9.59. The molecule has 0 spiro atoms. The lowest BCUT2D eigenvalue weighted by molar-refractivity contribution is -0.509. The quantitative estimate of drug-likeness (QED) is 0.430. The second-order valence-electron chi connectivity index (χ2n) is 1.25. The fraction of sp³-hybridized carbons (Fsp3) is 1.00. The maximum atomic E-state index is 9.91. The van der Waals surface area contributed by atoms with E-state index in [1.165, 1.54) is 0 Å². The molecule has 0 unspecified atom stereocenters. The maximum absolute atomic E-state index is 9.91. The molecular formula is C3H5Br2NO2. The molecular weight excluding hydrogens is 242 g/mol. The van der Waals surface area contributed by atoms with Crippen molar-refractivity contribution >= 4 is 31.9 Å². The molecule has 0 heterocycles. The molecule has 0 saturated carbocycles. The topological polar surface area (TPSA) is 43.1 Å². The van der Waals surface area contributed by atoms with Gasteiger partial charge in [-0.15, -0.1) is 0 Å². The van der Waals surface area contributed by atoms with Gasteiger partial charge in [0.1, 0.15) is 0 Å². The van der Waals surface area contributed by atoms with Crippen molar-refractivity contribution in [3.63, 3.8) is 0 Å². The van der Waals surface area contributed by atoms with Crippen LogP contribution in [-0.2, 0) is 0 Å². The minimum Gasteiger partial charge on any atom is -0.264 e. The Balaban J connectivity index is 3.52. The van der Waals surface area contributed by atoms with Gasteiger partial charge in [0.15, 0.2) is 0 Å². The molecule has 0 fully saturated rings. The van der Waals surface area contributed by atoms with Crippen LogP contribution in [0.3, 0.4) is 0 Å². The fourth-order valence-electron chi connectivity index (χ4n) is 0.154. The monoisotopic (exact) mass is 245 g/mol. The van der Waals surface area contributed by atoms with E-state index in [4.69, 9.17) is 0 Å². The number of hydrogen-bond acceptors (Lipinski definition) is 2. The highest BCUT2D eigenvalue weighted by Gasteiger charge is 2.14. The van der Waals surface area contributed by atoms with Gasteiger partial charge in [-0.1, -0.05) is 31.9 Å². The minimum atomic E-state index is -0.491. The molecule has 0 aliphatic heterocycles. The van der Waals surface area contributed by atoms with Crippen LogP contribution in [-0.4, -0.2) is 21.6 Å². The first-order valence-electron chi connectivity index (χ1n) is 1.97. The Morgan fingerprint density at radius 1 is 1.50 bits per heavy atom. The molecule has 0 N–H and O–H groups in total. The van der Waals surface area contributed by atoms with Gasteiger partial charge < -0.3 is 0 Å².